The van der Waals surface area contributed by atoms with Gasteiger partial charge >= 0.3 is 0 Å². The number of aromatic nitrogens is 3. The van der Waals surface area contributed by atoms with Gasteiger partial charge in [0.1, 0.15) is 0 Å². The van der Waals surface area contributed by atoms with E-state index >= 15 is 0 Å². The number of carbonyl (C=O) groups is 1. The molecule has 32 heavy (non-hydrogen) atoms. The van der Waals surface area contributed by atoms with E-state index in [2.05, 4.69) is 24.4 Å². The molecule has 0 saturated heterocycles. The number of rotatable bonds is 6. The van der Waals surface area contributed by atoms with Gasteiger partial charge in [0, 0.05) is 23.1 Å². The smallest absolute Gasteiger partial charge is 0.224 e. The van der Waals surface area contributed by atoms with Crippen LogP contribution in [0.25, 0.3) is 16.7 Å². The molecule has 4 rings (SSSR count). The van der Waals surface area contributed by atoms with Gasteiger partial charge in [0.25, 0.3) is 0 Å². The summed E-state index contributed by atoms with van der Waals surface area (Å²) >= 11 is 0. The van der Waals surface area contributed by atoms with Crippen molar-refractivity contribution >= 4 is 22.6 Å². The van der Waals surface area contributed by atoms with Gasteiger partial charge in [-0.3, -0.25) is 4.79 Å². The lowest BCUT2D eigenvalue weighted by atomic mass is 10.0. The highest BCUT2D eigenvalue weighted by molar-refractivity contribution is 5.91. The number of nitrogens with zero attached hydrogens (tertiary/aromatic N) is 3. The highest BCUT2D eigenvalue weighted by Crippen LogP contribution is 2.32. The summed E-state index contributed by atoms with van der Waals surface area (Å²) in [4.78, 5) is 17.3. The second-order valence-electron chi connectivity index (χ2n) is 8.17. The van der Waals surface area contributed by atoms with Gasteiger partial charge in [0.05, 0.1) is 18.5 Å². The molecular weight excluding hydrogens is 400 g/mol. The van der Waals surface area contributed by atoms with Crippen molar-refractivity contribution in [1.29, 1.82) is 0 Å². The van der Waals surface area contributed by atoms with E-state index in [0.29, 0.717) is 18.7 Å². The predicted molar refractivity (Wildman–Crippen MR) is 128 cm³/mol. The number of hydrogen-bond donors (Lipinski definition) is 1. The Morgan fingerprint density at radius 2 is 1.59 bits per heavy atom. The number of nitrogens with one attached hydrogen (secondary N) is 1. The number of aryl methyl sites for hydroxylation is 4. The first-order valence-corrected chi connectivity index (χ1v) is 10.7. The third-order valence-electron chi connectivity index (χ3n) is 5.74. The first kappa shape index (κ1) is 21.6. The van der Waals surface area contributed by atoms with Gasteiger partial charge < -0.3 is 10.1 Å². The van der Waals surface area contributed by atoms with Crippen molar-refractivity contribution in [3.8, 4) is 11.6 Å². The average molecular weight is 429 g/mol. The quantitative estimate of drug-likeness (QED) is 0.456. The van der Waals surface area contributed by atoms with E-state index in [-0.39, 0.29) is 5.91 Å². The largest absolute Gasteiger partial charge is 0.481 e. The topological polar surface area (TPSA) is 69.0 Å². The van der Waals surface area contributed by atoms with E-state index in [4.69, 9.17) is 14.8 Å². The number of amides is 1. The number of pyridine rings is 1. The van der Waals surface area contributed by atoms with Crippen molar-refractivity contribution in [2.75, 3.05) is 12.4 Å². The molecule has 0 unspecified atom stereocenters. The molecule has 6 nitrogen and oxygen atoms in total. The van der Waals surface area contributed by atoms with Gasteiger partial charge in [0.2, 0.25) is 11.8 Å². The first-order valence-electron chi connectivity index (χ1n) is 10.7. The van der Waals surface area contributed by atoms with Crippen LogP contribution in [-0.4, -0.2) is 27.8 Å². The van der Waals surface area contributed by atoms with Crippen molar-refractivity contribution in [2.24, 2.45) is 0 Å². The highest BCUT2D eigenvalue weighted by Gasteiger charge is 2.20. The predicted octanol–water partition coefficient (Wildman–Crippen LogP) is 5.23. The summed E-state index contributed by atoms with van der Waals surface area (Å²) in [5.41, 5.74) is 7.74. The second-order valence-corrected chi connectivity index (χ2v) is 8.17. The van der Waals surface area contributed by atoms with Gasteiger partial charge in [-0.25, -0.2) is 4.68 Å². The molecule has 2 heterocycles. The fourth-order valence-electron chi connectivity index (χ4n) is 3.96. The van der Waals surface area contributed by atoms with Crippen LogP contribution >= 0.6 is 0 Å². The lowest BCUT2D eigenvalue weighted by Gasteiger charge is -2.13. The van der Waals surface area contributed by atoms with Gasteiger partial charge in [-0.1, -0.05) is 35.4 Å². The molecule has 0 bridgehead atoms. The van der Waals surface area contributed by atoms with E-state index in [1.54, 1.807) is 7.11 Å². The number of carbonyl (C=O) groups excluding carboxylic acids is 1. The van der Waals surface area contributed by atoms with Crippen molar-refractivity contribution in [1.82, 2.24) is 14.8 Å². The zero-order valence-corrected chi connectivity index (χ0v) is 19.2. The zero-order chi connectivity index (χ0) is 22.8. The number of fused-ring (bicyclic) bond motifs is 1. The van der Waals surface area contributed by atoms with E-state index in [9.17, 15) is 4.79 Å². The molecule has 0 saturated carbocycles. The van der Waals surface area contributed by atoms with Crippen LogP contribution in [0, 0.1) is 27.7 Å². The van der Waals surface area contributed by atoms with E-state index in [1.807, 2.05) is 61.9 Å². The normalized spacial score (nSPS) is 11.0. The molecule has 0 aliphatic heterocycles. The Hall–Kier alpha value is -3.67. The highest BCUT2D eigenvalue weighted by atomic mass is 16.5. The summed E-state index contributed by atoms with van der Waals surface area (Å²) in [6.07, 6.45) is 0.869. The molecule has 0 fully saturated rings. The Balaban J connectivity index is 1.64. The summed E-state index contributed by atoms with van der Waals surface area (Å²) in [5, 5.41) is 8.70. The van der Waals surface area contributed by atoms with Crippen LogP contribution < -0.4 is 10.1 Å². The number of hydrogen-bond acceptors (Lipinski definition) is 4. The zero-order valence-electron chi connectivity index (χ0n) is 19.2. The summed E-state index contributed by atoms with van der Waals surface area (Å²) in [7, 11) is 1.61. The summed E-state index contributed by atoms with van der Waals surface area (Å²) in [5.74, 6) is 0.494. The molecule has 0 aliphatic rings. The minimum Gasteiger partial charge on any atom is -0.481 e. The van der Waals surface area contributed by atoms with Crippen molar-refractivity contribution < 1.29 is 9.53 Å². The fourth-order valence-corrected chi connectivity index (χ4v) is 3.96. The van der Waals surface area contributed by atoms with Crippen molar-refractivity contribution in [2.45, 2.75) is 40.5 Å². The SMILES string of the molecule is COc1nc2c(c(C)nn2-c2ccc(C)cc2)c(C)c1CCC(=O)Nc1ccc(C)cc1. The molecule has 2 aromatic carbocycles. The Morgan fingerprint density at radius 3 is 2.22 bits per heavy atom. The third-order valence-corrected chi connectivity index (χ3v) is 5.74. The van der Waals surface area contributed by atoms with Gasteiger partial charge in [-0.15, -0.1) is 0 Å². The minimum atomic E-state index is -0.0394. The van der Waals surface area contributed by atoms with Crippen LogP contribution in [-0.2, 0) is 11.2 Å². The Labute approximate surface area is 188 Å². The number of benzene rings is 2. The molecule has 164 valence electrons. The maximum Gasteiger partial charge on any atom is 0.224 e. The number of methoxy groups -OCH3 is 1. The molecule has 1 amide bonds. The summed E-state index contributed by atoms with van der Waals surface area (Å²) < 4.78 is 7.49. The lowest BCUT2D eigenvalue weighted by molar-refractivity contribution is -0.116. The Kier molecular flexibility index (Phi) is 5.95. The molecule has 2 aromatic heterocycles. The maximum atomic E-state index is 12.5. The first-order chi connectivity index (χ1) is 15.4. The Morgan fingerprint density at radius 1 is 0.969 bits per heavy atom. The monoisotopic (exact) mass is 428 g/mol. The minimum absolute atomic E-state index is 0.0394. The summed E-state index contributed by atoms with van der Waals surface area (Å²) in [6.45, 7) is 8.12. The molecule has 4 aromatic rings. The molecule has 0 atom stereocenters. The lowest BCUT2D eigenvalue weighted by Crippen LogP contribution is -2.13. The van der Waals surface area contributed by atoms with Crippen LogP contribution in [0.15, 0.2) is 48.5 Å². The fraction of sp³-hybridized carbons (Fsp3) is 0.269. The molecule has 0 spiro atoms. The van der Waals surface area contributed by atoms with Crippen LogP contribution in [0.5, 0.6) is 5.88 Å². The molecule has 1 N–H and O–H groups in total. The van der Waals surface area contributed by atoms with Gasteiger partial charge in [0.15, 0.2) is 5.65 Å². The molecule has 6 heteroatoms. The molecule has 0 aliphatic carbocycles. The van der Waals surface area contributed by atoms with E-state index in [1.165, 1.54) is 5.56 Å². The van der Waals surface area contributed by atoms with Crippen LogP contribution in [0.3, 0.4) is 0 Å². The van der Waals surface area contributed by atoms with Crippen LogP contribution in [0.2, 0.25) is 0 Å². The molecular formula is C26H28N4O2. The van der Waals surface area contributed by atoms with Gasteiger partial charge in [-0.2, -0.15) is 10.1 Å². The Bertz CT molecular complexity index is 1270. The maximum absolute atomic E-state index is 12.5. The van der Waals surface area contributed by atoms with Crippen molar-refractivity contribution in [3.63, 3.8) is 0 Å². The van der Waals surface area contributed by atoms with E-state index < -0.39 is 0 Å². The number of anilines is 1. The second kappa shape index (κ2) is 8.83. The van der Waals surface area contributed by atoms with Crippen LogP contribution in [0.4, 0.5) is 5.69 Å². The number of ether oxygens (including phenoxy) is 1. The molecule has 0 radical (unpaired) electrons. The van der Waals surface area contributed by atoms with Crippen molar-refractivity contribution in [3.05, 3.63) is 76.5 Å². The third kappa shape index (κ3) is 4.21. The average Bonchev–Trinajstić information content (AvgIpc) is 3.11. The van der Waals surface area contributed by atoms with E-state index in [0.717, 1.165) is 44.8 Å². The van der Waals surface area contributed by atoms with Crippen LogP contribution in [0.1, 0.15) is 34.4 Å². The summed E-state index contributed by atoms with van der Waals surface area (Å²) in [6, 6.07) is 16.0. The standard InChI is InChI=1S/C26H28N4O2/c1-16-6-10-20(11-7-16)27-23(31)15-14-22-18(3)24-19(4)29-30(25(24)28-26(22)32-5)21-12-8-17(2)9-13-21/h6-13H,14-15H2,1-5H3,(H,27,31). The van der Waals surface area contributed by atoms with Gasteiger partial charge in [-0.05, 0) is 63.9 Å².